The van der Waals surface area contributed by atoms with Crippen molar-refractivity contribution >= 4 is 11.7 Å². The van der Waals surface area contributed by atoms with Gasteiger partial charge in [0.2, 0.25) is 0 Å². The van der Waals surface area contributed by atoms with Crippen molar-refractivity contribution in [2.24, 2.45) is 5.92 Å². The van der Waals surface area contributed by atoms with Crippen LogP contribution >= 0.6 is 0 Å². The van der Waals surface area contributed by atoms with Gasteiger partial charge in [-0.3, -0.25) is 9.78 Å². The van der Waals surface area contributed by atoms with Crippen molar-refractivity contribution in [1.82, 2.24) is 4.98 Å². The van der Waals surface area contributed by atoms with Gasteiger partial charge in [0.05, 0.1) is 30.6 Å². The Morgan fingerprint density at radius 1 is 1.39 bits per heavy atom. The van der Waals surface area contributed by atoms with Gasteiger partial charge in [0.25, 0.3) is 0 Å². The van der Waals surface area contributed by atoms with E-state index in [2.05, 4.69) is 18.8 Å². The monoisotopic (exact) mass is 252 g/mol. The molecule has 1 heterocycles. The third-order valence-corrected chi connectivity index (χ3v) is 2.11. The number of ether oxygens (including phenoxy) is 2. The standard InChI is InChI=1S/C13H20N2O3/c1-10(2)9-17-5-6-18-13(16)7-12-4-3-11(14)8-15-12/h3-4,8,10H,5-7,9,14H2,1-2H3. The fraction of sp³-hybridized carbons (Fsp3) is 0.538. The Morgan fingerprint density at radius 2 is 2.17 bits per heavy atom. The zero-order valence-corrected chi connectivity index (χ0v) is 10.9. The summed E-state index contributed by atoms with van der Waals surface area (Å²) in [6.45, 7) is 5.52. The maximum absolute atomic E-state index is 11.4. The average Bonchev–Trinajstić information content (AvgIpc) is 2.31. The third kappa shape index (κ3) is 6.20. The van der Waals surface area contributed by atoms with Gasteiger partial charge in [-0.1, -0.05) is 13.8 Å². The number of nitrogens with two attached hydrogens (primary N) is 1. The predicted molar refractivity (Wildman–Crippen MR) is 69.0 cm³/mol. The van der Waals surface area contributed by atoms with Gasteiger partial charge in [-0.15, -0.1) is 0 Å². The SMILES string of the molecule is CC(C)COCCOC(=O)Cc1ccc(N)cn1. The lowest BCUT2D eigenvalue weighted by Crippen LogP contribution is -2.14. The largest absolute Gasteiger partial charge is 0.463 e. The highest BCUT2D eigenvalue weighted by Gasteiger charge is 2.05. The van der Waals surface area contributed by atoms with Crippen molar-refractivity contribution in [2.45, 2.75) is 20.3 Å². The molecule has 1 rings (SSSR count). The van der Waals surface area contributed by atoms with E-state index in [4.69, 9.17) is 15.2 Å². The first-order valence-corrected chi connectivity index (χ1v) is 6.01. The number of pyridine rings is 1. The van der Waals surface area contributed by atoms with Gasteiger partial charge in [0, 0.05) is 6.61 Å². The molecule has 0 aliphatic heterocycles. The zero-order valence-electron chi connectivity index (χ0n) is 10.9. The molecule has 5 nitrogen and oxygen atoms in total. The average molecular weight is 252 g/mol. The van der Waals surface area contributed by atoms with E-state index in [1.165, 1.54) is 6.20 Å². The van der Waals surface area contributed by atoms with Crippen molar-refractivity contribution in [2.75, 3.05) is 25.6 Å². The maximum atomic E-state index is 11.4. The molecular weight excluding hydrogens is 232 g/mol. The van der Waals surface area contributed by atoms with Crippen LogP contribution in [0.15, 0.2) is 18.3 Å². The summed E-state index contributed by atoms with van der Waals surface area (Å²) in [6.07, 6.45) is 1.68. The van der Waals surface area contributed by atoms with Crippen LogP contribution in [0.1, 0.15) is 19.5 Å². The highest BCUT2D eigenvalue weighted by atomic mass is 16.6. The highest BCUT2D eigenvalue weighted by Crippen LogP contribution is 2.02. The minimum Gasteiger partial charge on any atom is -0.463 e. The smallest absolute Gasteiger partial charge is 0.311 e. The van der Waals surface area contributed by atoms with Gasteiger partial charge in [-0.25, -0.2) is 0 Å². The minimum absolute atomic E-state index is 0.157. The number of carbonyl (C=O) groups excluding carboxylic acids is 1. The Bertz CT molecular complexity index is 363. The van der Waals surface area contributed by atoms with E-state index in [0.717, 1.165) is 0 Å². The van der Waals surface area contributed by atoms with Gasteiger partial charge in [0.1, 0.15) is 6.61 Å². The fourth-order valence-electron chi connectivity index (χ4n) is 1.27. The molecule has 0 atom stereocenters. The van der Waals surface area contributed by atoms with E-state index < -0.39 is 0 Å². The van der Waals surface area contributed by atoms with Crippen LogP contribution in [0.4, 0.5) is 5.69 Å². The molecule has 0 bridgehead atoms. The lowest BCUT2D eigenvalue weighted by atomic mass is 10.2. The summed E-state index contributed by atoms with van der Waals surface area (Å²) in [6, 6.07) is 3.42. The van der Waals surface area contributed by atoms with Gasteiger partial charge < -0.3 is 15.2 Å². The summed E-state index contributed by atoms with van der Waals surface area (Å²) >= 11 is 0. The van der Waals surface area contributed by atoms with Crippen molar-refractivity contribution in [1.29, 1.82) is 0 Å². The molecule has 0 amide bonds. The lowest BCUT2D eigenvalue weighted by Gasteiger charge is -2.07. The molecular formula is C13H20N2O3. The Labute approximate surface area is 107 Å². The summed E-state index contributed by atoms with van der Waals surface area (Å²) < 4.78 is 10.3. The summed E-state index contributed by atoms with van der Waals surface area (Å²) in [5.74, 6) is 0.181. The summed E-state index contributed by atoms with van der Waals surface area (Å²) in [5, 5.41) is 0. The normalized spacial score (nSPS) is 10.6. The number of rotatable bonds is 7. The quantitative estimate of drug-likeness (QED) is 0.587. The van der Waals surface area contributed by atoms with Gasteiger partial charge in [0.15, 0.2) is 0 Å². The fourth-order valence-corrected chi connectivity index (χ4v) is 1.27. The van der Waals surface area contributed by atoms with Gasteiger partial charge in [-0.05, 0) is 18.1 Å². The second-order valence-electron chi connectivity index (χ2n) is 4.45. The summed E-state index contributed by atoms with van der Waals surface area (Å²) in [7, 11) is 0. The summed E-state index contributed by atoms with van der Waals surface area (Å²) in [5.41, 5.74) is 6.73. The molecule has 1 aromatic rings. The molecule has 1 aromatic heterocycles. The second kappa shape index (κ2) is 7.66. The maximum Gasteiger partial charge on any atom is 0.311 e. The number of nitrogens with zero attached hydrogens (tertiary/aromatic N) is 1. The first-order chi connectivity index (χ1) is 8.58. The van der Waals surface area contributed by atoms with Gasteiger partial charge >= 0.3 is 5.97 Å². The molecule has 2 N–H and O–H groups in total. The van der Waals surface area contributed by atoms with Crippen LogP contribution in [0.25, 0.3) is 0 Å². The van der Waals surface area contributed by atoms with Crippen LogP contribution in [0.5, 0.6) is 0 Å². The molecule has 0 saturated carbocycles. The molecule has 18 heavy (non-hydrogen) atoms. The van der Waals surface area contributed by atoms with Crippen LogP contribution in [0.3, 0.4) is 0 Å². The van der Waals surface area contributed by atoms with E-state index >= 15 is 0 Å². The molecule has 0 aliphatic carbocycles. The van der Waals surface area contributed by atoms with Crippen molar-refractivity contribution in [3.8, 4) is 0 Å². The number of nitrogen functional groups attached to an aromatic ring is 1. The van der Waals surface area contributed by atoms with E-state index in [-0.39, 0.29) is 19.0 Å². The molecule has 0 spiro atoms. The number of hydrogen-bond acceptors (Lipinski definition) is 5. The number of carbonyl (C=O) groups is 1. The third-order valence-electron chi connectivity index (χ3n) is 2.11. The van der Waals surface area contributed by atoms with Crippen LogP contribution in [-0.2, 0) is 20.7 Å². The molecule has 5 heteroatoms. The van der Waals surface area contributed by atoms with Crippen LogP contribution in [0, 0.1) is 5.92 Å². The summed E-state index contributed by atoms with van der Waals surface area (Å²) in [4.78, 5) is 15.5. The van der Waals surface area contributed by atoms with Crippen LogP contribution in [0.2, 0.25) is 0 Å². The lowest BCUT2D eigenvalue weighted by molar-refractivity contribution is -0.144. The predicted octanol–water partition coefficient (Wildman–Crippen LogP) is 1.42. The molecule has 100 valence electrons. The molecule has 0 saturated heterocycles. The molecule has 0 aromatic carbocycles. The van der Waals surface area contributed by atoms with Crippen molar-refractivity contribution in [3.05, 3.63) is 24.0 Å². The Morgan fingerprint density at radius 3 is 2.78 bits per heavy atom. The first-order valence-electron chi connectivity index (χ1n) is 6.01. The number of esters is 1. The van der Waals surface area contributed by atoms with Crippen molar-refractivity contribution < 1.29 is 14.3 Å². The zero-order chi connectivity index (χ0) is 13.4. The number of hydrogen-bond donors (Lipinski definition) is 1. The first kappa shape index (κ1) is 14.4. The Kier molecular flexibility index (Phi) is 6.14. The molecule has 0 fully saturated rings. The highest BCUT2D eigenvalue weighted by molar-refractivity contribution is 5.72. The number of anilines is 1. The van der Waals surface area contributed by atoms with Crippen LogP contribution < -0.4 is 5.73 Å². The van der Waals surface area contributed by atoms with Gasteiger partial charge in [-0.2, -0.15) is 0 Å². The minimum atomic E-state index is -0.305. The van der Waals surface area contributed by atoms with E-state index in [9.17, 15) is 4.79 Å². The molecule has 0 unspecified atom stereocenters. The van der Waals surface area contributed by atoms with E-state index in [0.29, 0.717) is 30.5 Å². The molecule has 0 radical (unpaired) electrons. The second-order valence-corrected chi connectivity index (χ2v) is 4.45. The van der Waals surface area contributed by atoms with Crippen LogP contribution in [-0.4, -0.2) is 30.8 Å². The van der Waals surface area contributed by atoms with E-state index in [1.807, 2.05) is 0 Å². The topological polar surface area (TPSA) is 74.4 Å². The van der Waals surface area contributed by atoms with Crippen molar-refractivity contribution in [3.63, 3.8) is 0 Å². The van der Waals surface area contributed by atoms with E-state index in [1.54, 1.807) is 12.1 Å². The molecule has 0 aliphatic rings. The number of aromatic nitrogens is 1. The Balaban J connectivity index is 2.16. The Hall–Kier alpha value is -1.62.